The van der Waals surface area contributed by atoms with Crippen molar-refractivity contribution in [3.8, 4) is 0 Å². The number of hydrogen-bond donors (Lipinski definition) is 2. The molecule has 1 aromatic carbocycles. The summed E-state index contributed by atoms with van der Waals surface area (Å²) in [5.41, 5.74) is 1.08. The lowest BCUT2D eigenvalue weighted by Gasteiger charge is -2.39. The molecule has 2 aliphatic rings. The summed E-state index contributed by atoms with van der Waals surface area (Å²) in [4.78, 5) is 26.6. The SMILES string of the molecule is Cc1ccccc1C1C(C(=O)NCC2(O)CCCCC2)OCC(=O)N1C. The molecule has 1 saturated carbocycles. The first-order valence-corrected chi connectivity index (χ1v) is 9.34. The van der Waals surface area contributed by atoms with E-state index in [-0.39, 0.29) is 25.0 Å². The molecular formula is C20H28N2O4. The largest absolute Gasteiger partial charge is 0.388 e. The lowest BCUT2D eigenvalue weighted by atomic mass is 9.85. The molecule has 1 aliphatic heterocycles. The molecule has 2 atom stereocenters. The molecule has 0 spiro atoms. The van der Waals surface area contributed by atoms with Crippen LogP contribution < -0.4 is 5.32 Å². The Hall–Kier alpha value is -1.92. The number of aryl methyl sites for hydroxylation is 1. The van der Waals surface area contributed by atoms with Crippen molar-refractivity contribution in [2.45, 2.75) is 56.8 Å². The van der Waals surface area contributed by atoms with Gasteiger partial charge in [0.2, 0.25) is 5.91 Å². The van der Waals surface area contributed by atoms with Gasteiger partial charge in [-0.1, -0.05) is 43.5 Å². The Bertz CT molecular complexity index is 670. The van der Waals surface area contributed by atoms with Gasteiger partial charge in [0.25, 0.3) is 5.91 Å². The number of amides is 2. The number of hydrogen-bond acceptors (Lipinski definition) is 4. The molecule has 0 bridgehead atoms. The highest BCUT2D eigenvalue weighted by atomic mass is 16.5. The quantitative estimate of drug-likeness (QED) is 0.857. The molecule has 2 fully saturated rings. The first-order chi connectivity index (χ1) is 12.4. The van der Waals surface area contributed by atoms with Gasteiger partial charge in [0, 0.05) is 13.6 Å². The van der Waals surface area contributed by atoms with Gasteiger partial charge < -0.3 is 20.1 Å². The fourth-order valence-corrected chi connectivity index (χ4v) is 3.96. The summed E-state index contributed by atoms with van der Waals surface area (Å²) in [5, 5.41) is 13.5. The third kappa shape index (κ3) is 3.91. The molecule has 6 nitrogen and oxygen atoms in total. The summed E-state index contributed by atoms with van der Waals surface area (Å²) in [6.45, 7) is 2.08. The van der Waals surface area contributed by atoms with Crippen molar-refractivity contribution in [2.75, 3.05) is 20.2 Å². The Labute approximate surface area is 154 Å². The smallest absolute Gasteiger partial charge is 0.251 e. The van der Waals surface area contributed by atoms with Crippen LogP contribution in [0.2, 0.25) is 0 Å². The van der Waals surface area contributed by atoms with Crippen LogP contribution in [0.25, 0.3) is 0 Å². The molecule has 26 heavy (non-hydrogen) atoms. The lowest BCUT2D eigenvalue weighted by molar-refractivity contribution is -0.162. The maximum absolute atomic E-state index is 12.8. The number of carbonyl (C=O) groups is 2. The topological polar surface area (TPSA) is 78.9 Å². The number of nitrogens with one attached hydrogen (secondary N) is 1. The minimum atomic E-state index is -0.831. The van der Waals surface area contributed by atoms with Crippen molar-refractivity contribution in [3.05, 3.63) is 35.4 Å². The van der Waals surface area contributed by atoms with Gasteiger partial charge in [-0.25, -0.2) is 0 Å². The fraction of sp³-hybridized carbons (Fsp3) is 0.600. The van der Waals surface area contributed by atoms with Crippen molar-refractivity contribution < 1.29 is 19.4 Å². The van der Waals surface area contributed by atoms with Crippen LogP contribution in [0.5, 0.6) is 0 Å². The van der Waals surface area contributed by atoms with Crippen molar-refractivity contribution in [3.63, 3.8) is 0 Å². The van der Waals surface area contributed by atoms with E-state index in [4.69, 9.17) is 4.74 Å². The molecule has 3 rings (SSSR count). The van der Waals surface area contributed by atoms with E-state index in [0.29, 0.717) is 12.8 Å². The van der Waals surface area contributed by atoms with Gasteiger partial charge in [-0.15, -0.1) is 0 Å². The molecule has 0 aromatic heterocycles. The van der Waals surface area contributed by atoms with Crippen molar-refractivity contribution in [2.24, 2.45) is 0 Å². The molecule has 1 aliphatic carbocycles. The van der Waals surface area contributed by atoms with Crippen LogP contribution in [-0.4, -0.2) is 53.7 Å². The van der Waals surface area contributed by atoms with E-state index in [1.165, 1.54) is 0 Å². The van der Waals surface area contributed by atoms with Crippen molar-refractivity contribution in [1.82, 2.24) is 10.2 Å². The number of ether oxygens (including phenoxy) is 1. The maximum Gasteiger partial charge on any atom is 0.251 e. The average Bonchev–Trinajstić information content (AvgIpc) is 2.63. The van der Waals surface area contributed by atoms with Crippen LogP contribution >= 0.6 is 0 Å². The van der Waals surface area contributed by atoms with E-state index in [1.807, 2.05) is 31.2 Å². The Morgan fingerprint density at radius 3 is 2.69 bits per heavy atom. The standard InChI is InChI=1S/C20H28N2O4/c1-14-8-4-5-9-15(14)17-18(26-12-16(23)22(17)2)19(24)21-13-20(25)10-6-3-7-11-20/h4-5,8-9,17-18,25H,3,6-7,10-13H2,1-2H3,(H,21,24). The lowest BCUT2D eigenvalue weighted by Crippen LogP contribution is -2.55. The van der Waals surface area contributed by atoms with E-state index < -0.39 is 17.7 Å². The van der Waals surface area contributed by atoms with E-state index in [1.54, 1.807) is 11.9 Å². The molecule has 0 radical (unpaired) electrons. The highest BCUT2D eigenvalue weighted by molar-refractivity contribution is 5.86. The van der Waals surface area contributed by atoms with Gasteiger partial charge in [0.15, 0.2) is 6.10 Å². The van der Waals surface area contributed by atoms with Crippen LogP contribution in [0, 0.1) is 6.92 Å². The summed E-state index contributed by atoms with van der Waals surface area (Å²) in [6, 6.07) is 7.24. The molecule has 6 heteroatoms. The fourth-order valence-electron chi connectivity index (χ4n) is 3.96. The number of benzene rings is 1. The summed E-state index contributed by atoms with van der Waals surface area (Å²) in [7, 11) is 1.71. The van der Waals surface area contributed by atoms with Crippen LogP contribution in [0.1, 0.15) is 49.3 Å². The number of rotatable bonds is 4. The van der Waals surface area contributed by atoms with E-state index in [2.05, 4.69) is 5.32 Å². The monoisotopic (exact) mass is 360 g/mol. The third-order valence-corrected chi connectivity index (χ3v) is 5.63. The number of carbonyl (C=O) groups excluding carboxylic acids is 2. The summed E-state index contributed by atoms with van der Waals surface area (Å²) in [6.07, 6.45) is 3.72. The Balaban J connectivity index is 1.76. The minimum absolute atomic E-state index is 0.110. The second-order valence-electron chi connectivity index (χ2n) is 7.54. The summed E-state index contributed by atoms with van der Waals surface area (Å²) < 4.78 is 5.63. The zero-order valence-corrected chi connectivity index (χ0v) is 15.5. The van der Waals surface area contributed by atoms with Gasteiger partial charge in [0.05, 0.1) is 11.6 Å². The molecule has 142 valence electrons. The average molecular weight is 360 g/mol. The van der Waals surface area contributed by atoms with Crippen LogP contribution in [0.3, 0.4) is 0 Å². The molecule has 2 amide bonds. The van der Waals surface area contributed by atoms with Gasteiger partial charge >= 0.3 is 0 Å². The Kier molecular flexibility index (Phi) is 5.63. The molecule has 1 aromatic rings. The molecule has 2 N–H and O–H groups in total. The van der Waals surface area contributed by atoms with Crippen LogP contribution in [0.15, 0.2) is 24.3 Å². The first kappa shape index (κ1) is 18.9. The van der Waals surface area contributed by atoms with E-state index in [9.17, 15) is 14.7 Å². The number of aliphatic hydroxyl groups is 1. The summed E-state index contributed by atoms with van der Waals surface area (Å²) in [5.74, 6) is -0.426. The van der Waals surface area contributed by atoms with Crippen LogP contribution in [0.4, 0.5) is 0 Å². The first-order valence-electron chi connectivity index (χ1n) is 9.34. The van der Waals surface area contributed by atoms with E-state index >= 15 is 0 Å². The highest BCUT2D eigenvalue weighted by Gasteiger charge is 2.41. The molecule has 2 unspecified atom stereocenters. The van der Waals surface area contributed by atoms with Crippen molar-refractivity contribution >= 4 is 11.8 Å². The number of nitrogens with zero attached hydrogens (tertiary/aromatic N) is 1. The molecule has 1 saturated heterocycles. The summed E-state index contributed by atoms with van der Waals surface area (Å²) >= 11 is 0. The Morgan fingerprint density at radius 1 is 1.31 bits per heavy atom. The second kappa shape index (κ2) is 7.76. The molecule has 1 heterocycles. The minimum Gasteiger partial charge on any atom is -0.388 e. The maximum atomic E-state index is 12.8. The van der Waals surface area contributed by atoms with Crippen molar-refractivity contribution in [1.29, 1.82) is 0 Å². The van der Waals surface area contributed by atoms with E-state index in [0.717, 1.165) is 30.4 Å². The molecular weight excluding hydrogens is 332 g/mol. The Morgan fingerprint density at radius 2 is 2.00 bits per heavy atom. The van der Waals surface area contributed by atoms with Gasteiger partial charge in [-0.05, 0) is 30.9 Å². The second-order valence-corrected chi connectivity index (χ2v) is 7.54. The van der Waals surface area contributed by atoms with Gasteiger partial charge in [-0.3, -0.25) is 9.59 Å². The predicted octanol–water partition coefficient (Wildman–Crippen LogP) is 1.70. The normalized spacial score (nSPS) is 25.8. The zero-order chi connectivity index (χ0) is 18.7. The highest BCUT2D eigenvalue weighted by Crippen LogP contribution is 2.32. The van der Waals surface area contributed by atoms with Gasteiger partial charge in [-0.2, -0.15) is 0 Å². The number of likely N-dealkylation sites (N-methyl/N-ethyl adjacent to an activating group) is 1. The van der Waals surface area contributed by atoms with Crippen LogP contribution in [-0.2, 0) is 14.3 Å². The number of morpholine rings is 1. The van der Waals surface area contributed by atoms with Gasteiger partial charge in [0.1, 0.15) is 6.61 Å². The third-order valence-electron chi connectivity index (χ3n) is 5.63. The predicted molar refractivity (Wildman–Crippen MR) is 97.5 cm³/mol. The zero-order valence-electron chi connectivity index (χ0n) is 15.5.